The Bertz CT molecular complexity index is 843. The summed E-state index contributed by atoms with van der Waals surface area (Å²) in [5.74, 6) is 4.04. The number of ether oxygens (including phenoxy) is 4. The SMILES string of the molecule is COc1ccc(CCCNCCCC2CCc3cc(OC)c(OC)cc3C2)cc1OC.Cl. The van der Waals surface area contributed by atoms with Crippen molar-refractivity contribution in [3.05, 3.63) is 47.0 Å². The van der Waals surface area contributed by atoms with E-state index in [2.05, 4.69) is 29.6 Å². The van der Waals surface area contributed by atoms with Gasteiger partial charge in [0.1, 0.15) is 0 Å². The lowest BCUT2D eigenvalue weighted by atomic mass is 9.81. The van der Waals surface area contributed by atoms with Crippen LogP contribution in [0.25, 0.3) is 0 Å². The van der Waals surface area contributed by atoms with E-state index < -0.39 is 0 Å². The lowest BCUT2D eigenvalue weighted by molar-refractivity contribution is 0.350. The zero-order valence-electron chi connectivity index (χ0n) is 19.9. The molecule has 1 aliphatic rings. The van der Waals surface area contributed by atoms with Gasteiger partial charge in [0.2, 0.25) is 0 Å². The lowest BCUT2D eigenvalue weighted by Gasteiger charge is -2.26. The lowest BCUT2D eigenvalue weighted by Crippen LogP contribution is -2.20. The highest BCUT2D eigenvalue weighted by Crippen LogP contribution is 2.36. The van der Waals surface area contributed by atoms with Crippen molar-refractivity contribution in [2.45, 2.75) is 44.9 Å². The normalized spacial score (nSPS) is 14.8. The van der Waals surface area contributed by atoms with Crippen LogP contribution in [-0.2, 0) is 19.3 Å². The van der Waals surface area contributed by atoms with Crippen molar-refractivity contribution in [2.75, 3.05) is 41.5 Å². The number of aryl methyl sites for hydroxylation is 2. The third-order valence-electron chi connectivity index (χ3n) is 6.27. The van der Waals surface area contributed by atoms with E-state index >= 15 is 0 Å². The molecule has 2 aromatic rings. The average Bonchev–Trinajstić information content (AvgIpc) is 2.82. The van der Waals surface area contributed by atoms with Gasteiger partial charge in [0, 0.05) is 0 Å². The minimum Gasteiger partial charge on any atom is -0.493 e. The van der Waals surface area contributed by atoms with Crippen LogP contribution < -0.4 is 24.3 Å². The van der Waals surface area contributed by atoms with E-state index in [1.807, 2.05) is 6.07 Å². The van der Waals surface area contributed by atoms with E-state index in [0.29, 0.717) is 0 Å². The summed E-state index contributed by atoms with van der Waals surface area (Å²) in [6.07, 6.45) is 8.21. The summed E-state index contributed by atoms with van der Waals surface area (Å²) >= 11 is 0. The third kappa shape index (κ3) is 6.94. The first-order valence-electron chi connectivity index (χ1n) is 11.3. The van der Waals surface area contributed by atoms with E-state index in [9.17, 15) is 0 Å². The first-order valence-corrected chi connectivity index (χ1v) is 11.3. The van der Waals surface area contributed by atoms with Gasteiger partial charge in [-0.2, -0.15) is 0 Å². The molecule has 0 fully saturated rings. The topological polar surface area (TPSA) is 49.0 Å². The van der Waals surface area contributed by atoms with Gasteiger partial charge in [-0.25, -0.2) is 0 Å². The van der Waals surface area contributed by atoms with Crippen molar-refractivity contribution in [1.29, 1.82) is 0 Å². The van der Waals surface area contributed by atoms with Crippen molar-refractivity contribution in [1.82, 2.24) is 5.32 Å². The van der Waals surface area contributed by atoms with E-state index in [0.717, 1.165) is 67.7 Å². The Kier molecular flexibility index (Phi) is 11.0. The Morgan fingerprint density at radius 1 is 0.781 bits per heavy atom. The maximum atomic E-state index is 5.48. The van der Waals surface area contributed by atoms with Crippen LogP contribution in [0.3, 0.4) is 0 Å². The van der Waals surface area contributed by atoms with Crippen molar-refractivity contribution in [2.24, 2.45) is 5.92 Å². The van der Waals surface area contributed by atoms with Gasteiger partial charge in [-0.05, 0) is 105 Å². The van der Waals surface area contributed by atoms with Gasteiger partial charge in [-0.1, -0.05) is 6.07 Å². The zero-order chi connectivity index (χ0) is 22.1. The summed E-state index contributed by atoms with van der Waals surface area (Å²) in [7, 11) is 6.76. The molecule has 6 heteroatoms. The number of benzene rings is 2. The molecule has 0 aliphatic heterocycles. The molecule has 1 aliphatic carbocycles. The molecule has 1 atom stereocenters. The van der Waals surface area contributed by atoms with Gasteiger partial charge >= 0.3 is 0 Å². The van der Waals surface area contributed by atoms with Crippen molar-refractivity contribution < 1.29 is 18.9 Å². The van der Waals surface area contributed by atoms with Gasteiger partial charge in [0.25, 0.3) is 0 Å². The first kappa shape index (κ1) is 26.1. The second-order valence-corrected chi connectivity index (χ2v) is 8.27. The van der Waals surface area contributed by atoms with Crippen LogP contribution in [0.5, 0.6) is 23.0 Å². The molecular weight excluding hydrogens is 426 g/mol. The molecule has 178 valence electrons. The Hall–Kier alpha value is -2.11. The fraction of sp³-hybridized carbons (Fsp3) is 0.538. The van der Waals surface area contributed by atoms with Crippen molar-refractivity contribution in [3.63, 3.8) is 0 Å². The molecule has 0 heterocycles. The van der Waals surface area contributed by atoms with Gasteiger partial charge < -0.3 is 24.3 Å². The molecule has 5 nitrogen and oxygen atoms in total. The molecule has 0 radical (unpaired) electrons. The Balaban J connectivity index is 0.00000363. The zero-order valence-corrected chi connectivity index (χ0v) is 20.7. The van der Waals surface area contributed by atoms with E-state index in [-0.39, 0.29) is 12.4 Å². The molecule has 1 unspecified atom stereocenters. The number of methoxy groups -OCH3 is 4. The molecule has 0 bridgehead atoms. The smallest absolute Gasteiger partial charge is 0.161 e. The highest BCUT2D eigenvalue weighted by molar-refractivity contribution is 5.85. The molecule has 0 saturated heterocycles. The number of nitrogens with one attached hydrogen (secondary N) is 1. The van der Waals surface area contributed by atoms with Crippen molar-refractivity contribution in [3.8, 4) is 23.0 Å². The summed E-state index contributed by atoms with van der Waals surface area (Å²) in [5, 5.41) is 3.61. The van der Waals surface area contributed by atoms with Crippen molar-refractivity contribution >= 4 is 12.4 Å². The number of hydrogen-bond donors (Lipinski definition) is 1. The second kappa shape index (κ2) is 13.4. The molecule has 32 heavy (non-hydrogen) atoms. The standard InChI is InChI=1S/C26H37NO4.ClH/c1-28-23-12-10-20(16-24(23)29-2)8-6-14-27-13-5-7-19-9-11-21-17-25(30-3)26(31-4)18-22(21)15-19;/h10,12,16-19,27H,5-9,11,13-15H2,1-4H3;1H. The van der Waals surface area contributed by atoms with Gasteiger partial charge in [-0.15, -0.1) is 12.4 Å². The van der Waals surface area contributed by atoms with Crippen LogP contribution in [-0.4, -0.2) is 41.5 Å². The summed E-state index contributed by atoms with van der Waals surface area (Å²) in [4.78, 5) is 0. The summed E-state index contributed by atoms with van der Waals surface area (Å²) in [6, 6.07) is 10.5. The van der Waals surface area contributed by atoms with Crippen LogP contribution in [0, 0.1) is 5.92 Å². The highest BCUT2D eigenvalue weighted by Gasteiger charge is 2.21. The maximum absolute atomic E-state index is 5.48. The summed E-state index contributed by atoms with van der Waals surface area (Å²) in [5.41, 5.74) is 4.13. The average molecular weight is 464 g/mol. The number of fused-ring (bicyclic) bond motifs is 1. The van der Waals surface area contributed by atoms with Crippen LogP contribution in [0.1, 0.15) is 42.4 Å². The molecule has 0 aromatic heterocycles. The number of rotatable bonds is 12. The fourth-order valence-electron chi connectivity index (χ4n) is 4.50. The van der Waals surface area contributed by atoms with E-state index in [1.165, 1.54) is 36.0 Å². The predicted octanol–water partition coefficient (Wildman–Crippen LogP) is 5.25. The molecule has 0 saturated carbocycles. The monoisotopic (exact) mass is 463 g/mol. The third-order valence-corrected chi connectivity index (χ3v) is 6.27. The quantitative estimate of drug-likeness (QED) is 0.435. The highest BCUT2D eigenvalue weighted by atomic mass is 35.5. The van der Waals surface area contributed by atoms with Gasteiger partial charge in [0.05, 0.1) is 28.4 Å². The largest absolute Gasteiger partial charge is 0.493 e. The Labute approximate surface area is 199 Å². The van der Waals surface area contributed by atoms with Crippen LogP contribution in [0.2, 0.25) is 0 Å². The molecule has 3 rings (SSSR count). The van der Waals surface area contributed by atoms with Gasteiger partial charge in [-0.3, -0.25) is 0 Å². The second-order valence-electron chi connectivity index (χ2n) is 8.27. The fourth-order valence-corrected chi connectivity index (χ4v) is 4.50. The summed E-state index contributed by atoms with van der Waals surface area (Å²) < 4.78 is 21.6. The predicted molar refractivity (Wildman–Crippen MR) is 132 cm³/mol. The van der Waals surface area contributed by atoms with Crippen LogP contribution >= 0.6 is 12.4 Å². The maximum Gasteiger partial charge on any atom is 0.161 e. The Morgan fingerprint density at radius 2 is 1.41 bits per heavy atom. The molecular formula is C26H38ClNO4. The first-order chi connectivity index (χ1) is 15.2. The summed E-state index contributed by atoms with van der Waals surface area (Å²) in [6.45, 7) is 2.13. The van der Waals surface area contributed by atoms with Crippen LogP contribution in [0.15, 0.2) is 30.3 Å². The van der Waals surface area contributed by atoms with Crippen LogP contribution in [0.4, 0.5) is 0 Å². The number of hydrogen-bond acceptors (Lipinski definition) is 5. The minimum atomic E-state index is 0. The van der Waals surface area contributed by atoms with E-state index in [1.54, 1.807) is 28.4 Å². The molecule has 2 aromatic carbocycles. The molecule has 1 N–H and O–H groups in total. The van der Waals surface area contributed by atoms with Gasteiger partial charge in [0.15, 0.2) is 23.0 Å². The minimum absolute atomic E-state index is 0. The Morgan fingerprint density at radius 3 is 2.09 bits per heavy atom. The van der Waals surface area contributed by atoms with E-state index in [4.69, 9.17) is 18.9 Å². The molecule has 0 amide bonds. The number of halogens is 1. The molecule has 0 spiro atoms.